The number of nitrogens with one attached hydrogen (secondary N) is 4. The zero-order valence-electron chi connectivity index (χ0n) is 33.8. The lowest BCUT2D eigenvalue weighted by Gasteiger charge is -2.31. The molecule has 2 aliphatic heterocycles. The smallest absolute Gasteiger partial charge is 0.407 e. The normalized spacial score (nSPS) is 17.9. The van der Waals surface area contributed by atoms with E-state index in [4.69, 9.17) is 14.5 Å². The van der Waals surface area contributed by atoms with Gasteiger partial charge in [-0.2, -0.15) is 0 Å². The van der Waals surface area contributed by atoms with Crippen LogP contribution in [0.4, 0.5) is 9.59 Å². The van der Waals surface area contributed by atoms with Gasteiger partial charge in [0.1, 0.15) is 17.9 Å². The molecule has 7 rings (SSSR count). The molecule has 4 heterocycles. The quantitative estimate of drug-likeness (QED) is 0.119. The van der Waals surface area contributed by atoms with Crippen LogP contribution >= 0.6 is 0 Å². The van der Waals surface area contributed by atoms with E-state index in [1.54, 1.807) is 22.1 Å². The monoisotopic (exact) mass is 789 g/mol. The second-order valence-electron chi connectivity index (χ2n) is 15.9. The molecular weight excluding hydrogens is 739 g/mol. The topological polar surface area (TPSA) is 179 Å². The van der Waals surface area contributed by atoms with Gasteiger partial charge in [-0.05, 0) is 83.7 Å². The predicted octanol–water partition coefficient (Wildman–Crippen LogP) is 6.83. The third kappa shape index (κ3) is 8.00. The SMILES string of the molecule is COC(=O)N[C@H](C(=O)N1CCCC1c1cc(=O)c2ccc(-c3ccc4cc(-c5cnc([C@@H]6CCCN6C(=O)[C@@H](NC(=O)OC)C(C)C)[nH]5)ccc4c3)cc2[nH]1)C(C)C. The molecule has 0 bridgehead atoms. The minimum Gasteiger partial charge on any atom is -0.453 e. The highest BCUT2D eigenvalue weighted by Crippen LogP contribution is 2.35. The van der Waals surface area contributed by atoms with Crippen molar-refractivity contribution in [2.24, 2.45) is 11.8 Å². The fourth-order valence-corrected chi connectivity index (χ4v) is 8.30. The third-order valence-corrected chi connectivity index (χ3v) is 11.5. The summed E-state index contributed by atoms with van der Waals surface area (Å²) in [5.74, 6) is 0.0673. The molecule has 2 aliphatic rings. The molecule has 4 N–H and O–H groups in total. The summed E-state index contributed by atoms with van der Waals surface area (Å²) in [4.78, 5) is 79.9. The molecule has 0 radical (unpaired) electrons. The van der Waals surface area contributed by atoms with Crippen molar-refractivity contribution < 1.29 is 28.7 Å². The third-order valence-electron chi connectivity index (χ3n) is 11.5. The molecule has 1 unspecified atom stereocenters. The van der Waals surface area contributed by atoms with Crippen molar-refractivity contribution in [1.29, 1.82) is 0 Å². The number of benzene rings is 3. The highest BCUT2D eigenvalue weighted by molar-refractivity contribution is 5.92. The summed E-state index contributed by atoms with van der Waals surface area (Å²) in [6.07, 6.45) is 3.56. The van der Waals surface area contributed by atoms with Gasteiger partial charge in [0.2, 0.25) is 11.8 Å². The van der Waals surface area contributed by atoms with Gasteiger partial charge in [-0.25, -0.2) is 14.6 Å². The number of hydrogen-bond donors (Lipinski definition) is 4. The Morgan fingerprint density at radius 1 is 0.707 bits per heavy atom. The van der Waals surface area contributed by atoms with Crippen LogP contribution in [0.5, 0.6) is 0 Å². The van der Waals surface area contributed by atoms with Crippen LogP contribution in [-0.2, 0) is 19.1 Å². The van der Waals surface area contributed by atoms with Crippen molar-refractivity contribution in [3.63, 3.8) is 0 Å². The number of imidazole rings is 1. The highest BCUT2D eigenvalue weighted by atomic mass is 16.5. The van der Waals surface area contributed by atoms with Gasteiger partial charge in [-0.1, -0.05) is 58.0 Å². The van der Waals surface area contributed by atoms with Gasteiger partial charge in [0.25, 0.3) is 0 Å². The van der Waals surface area contributed by atoms with Crippen LogP contribution in [0.2, 0.25) is 0 Å². The van der Waals surface area contributed by atoms with Crippen LogP contribution in [0, 0.1) is 11.8 Å². The van der Waals surface area contributed by atoms with Gasteiger partial charge < -0.3 is 39.9 Å². The van der Waals surface area contributed by atoms with E-state index >= 15 is 0 Å². The number of aromatic nitrogens is 3. The van der Waals surface area contributed by atoms with E-state index in [2.05, 4.69) is 50.9 Å². The van der Waals surface area contributed by atoms with Crippen molar-refractivity contribution in [2.45, 2.75) is 77.5 Å². The second kappa shape index (κ2) is 16.7. The maximum absolute atomic E-state index is 13.7. The average Bonchev–Trinajstić information content (AvgIpc) is 4.02. The molecule has 58 heavy (non-hydrogen) atoms. The molecule has 2 aromatic heterocycles. The van der Waals surface area contributed by atoms with E-state index in [1.165, 1.54) is 14.2 Å². The van der Waals surface area contributed by atoms with Gasteiger partial charge in [0, 0.05) is 35.8 Å². The summed E-state index contributed by atoms with van der Waals surface area (Å²) in [6.45, 7) is 8.63. The van der Waals surface area contributed by atoms with Crippen LogP contribution in [0.1, 0.15) is 77.0 Å². The second-order valence-corrected chi connectivity index (χ2v) is 15.9. The van der Waals surface area contributed by atoms with Gasteiger partial charge in [0.05, 0.1) is 43.7 Å². The molecule has 4 atom stereocenters. The van der Waals surface area contributed by atoms with E-state index in [0.29, 0.717) is 41.9 Å². The Hall–Kier alpha value is -6.18. The number of fused-ring (bicyclic) bond motifs is 2. The summed E-state index contributed by atoms with van der Waals surface area (Å²) >= 11 is 0. The first-order valence-electron chi connectivity index (χ1n) is 19.9. The van der Waals surface area contributed by atoms with Crippen LogP contribution in [0.25, 0.3) is 44.1 Å². The molecule has 2 saturated heterocycles. The summed E-state index contributed by atoms with van der Waals surface area (Å²) in [5, 5.41) is 8.00. The van der Waals surface area contributed by atoms with Crippen molar-refractivity contribution in [2.75, 3.05) is 27.3 Å². The number of aromatic amines is 2. The number of rotatable bonds is 10. The maximum Gasteiger partial charge on any atom is 0.407 e. The Morgan fingerprint density at radius 2 is 1.24 bits per heavy atom. The standard InChI is InChI=1S/C44H51N7O7/c1-24(2)38(48-43(55)57-5)41(53)50-17-7-9-35(50)33-22-37(52)31-16-15-29(21-32(31)46-33)27-11-12-28-20-30(14-13-26(28)19-27)34-23-45-40(47-34)36-10-8-18-51(36)42(54)39(25(3)4)49-44(56)58-6/h11-16,19-25,35-36,38-39H,7-10,17-18H2,1-6H3,(H,45,47)(H,46,52)(H,48,55)(H,49,56)/t35?,36-,38-,39-/m0/s1. The predicted molar refractivity (Wildman–Crippen MR) is 221 cm³/mol. The summed E-state index contributed by atoms with van der Waals surface area (Å²) in [6, 6.07) is 17.8. The Bertz CT molecular complexity index is 2420. The fourth-order valence-electron chi connectivity index (χ4n) is 8.30. The summed E-state index contributed by atoms with van der Waals surface area (Å²) in [5.41, 5.74) is 4.93. The highest BCUT2D eigenvalue weighted by Gasteiger charge is 2.38. The van der Waals surface area contributed by atoms with E-state index in [0.717, 1.165) is 52.4 Å². The number of methoxy groups -OCH3 is 2. The lowest BCUT2D eigenvalue weighted by atomic mass is 9.98. The number of carbonyl (C=O) groups excluding carboxylic acids is 4. The van der Waals surface area contributed by atoms with Crippen molar-refractivity contribution in [1.82, 2.24) is 35.4 Å². The number of alkyl carbamates (subject to hydrolysis) is 2. The van der Waals surface area contributed by atoms with Crippen molar-refractivity contribution >= 4 is 45.7 Å². The molecule has 304 valence electrons. The molecule has 5 aromatic rings. The first kappa shape index (κ1) is 40.0. The van der Waals surface area contributed by atoms with Crippen LogP contribution in [0.3, 0.4) is 0 Å². The van der Waals surface area contributed by atoms with Gasteiger partial charge in [-0.15, -0.1) is 0 Å². The molecule has 14 heteroatoms. The molecule has 0 spiro atoms. The number of pyridine rings is 1. The zero-order valence-corrected chi connectivity index (χ0v) is 33.8. The molecule has 3 aromatic carbocycles. The van der Waals surface area contributed by atoms with Crippen LogP contribution < -0.4 is 16.1 Å². The first-order valence-corrected chi connectivity index (χ1v) is 19.9. The van der Waals surface area contributed by atoms with Crippen molar-refractivity contribution in [3.05, 3.63) is 88.6 Å². The minimum absolute atomic E-state index is 0.120. The van der Waals surface area contributed by atoms with Crippen molar-refractivity contribution in [3.8, 4) is 22.4 Å². The first-order chi connectivity index (χ1) is 27.9. The number of amides is 4. The minimum atomic E-state index is -0.755. The lowest BCUT2D eigenvalue weighted by molar-refractivity contribution is -0.136. The van der Waals surface area contributed by atoms with E-state index in [1.807, 2.05) is 52.0 Å². The lowest BCUT2D eigenvalue weighted by Crippen LogP contribution is -2.51. The Labute approximate surface area is 336 Å². The number of nitrogens with zero attached hydrogens (tertiary/aromatic N) is 3. The number of likely N-dealkylation sites (tertiary alicyclic amines) is 2. The van der Waals surface area contributed by atoms with E-state index in [-0.39, 0.29) is 41.2 Å². The molecule has 2 fully saturated rings. The van der Waals surface area contributed by atoms with Crippen LogP contribution in [-0.4, -0.2) is 88.1 Å². The number of hydrogen-bond acceptors (Lipinski definition) is 8. The molecule has 4 amide bonds. The maximum atomic E-state index is 13.7. The summed E-state index contributed by atoms with van der Waals surface area (Å²) < 4.78 is 9.53. The molecular formula is C44H51N7O7. The Morgan fingerprint density at radius 3 is 1.84 bits per heavy atom. The van der Waals surface area contributed by atoms with E-state index < -0.39 is 24.3 Å². The largest absolute Gasteiger partial charge is 0.453 e. The number of H-pyrrole nitrogens is 2. The Kier molecular flexibility index (Phi) is 11.6. The fraction of sp³-hybridized carbons (Fsp3) is 0.409. The number of carbonyl (C=O) groups is 4. The molecule has 14 nitrogen and oxygen atoms in total. The van der Waals surface area contributed by atoms with Crippen LogP contribution in [0.15, 0.2) is 71.7 Å². The zero-order chi connectivity index (χ0) is 41.2. The summed E-state index contributed by atoms with van der Waals surface area (Å²) in [7, 11) is 2.55. The Balaban J connectivity index is 1.11. The molecule has 0 saturated carbocycles. The van der Waals surface area contributed by atoms with Gasteiger partial charge >= 0.3 is 12.2 Å². The van der Waals surface area contributed by atoms with E-state index in [9.17, 15) is 24.0 Å². The van der Waals surface area contributed by atoms with Gasteiger partial charge in [0.15, 0.2) is 5.43 Å². The van der Waals surface area contributed by atoms with Gasteiger partial charge in [-0.3, -0.25) is 14.4 Å². The number of ether oxygens (including phenoxy) is 2. The average molecular weight is 790 g/mol. The molecule has 0 aliphatic carbocycles.